The summed E-state index contributed by atoms with van der Waals surface area (Å²) in [6.45, 7) is 0. The molecule has 1 aromatic rings. The van der Waals surface area contributed by atoms with E-state index in [4.69, 9.17) is 0 Å². The van der Waals surface area contributed by atoms with E-state index in [0.29, 0.717) is 5.82 Å². The van der Waals surface area contributed by atoms with Crippen molar-refractivity contribution in [1.82, 2.24) is 4.98 Å². The van der Waals surface area contributed by atoms with Crippen molar-refractivity contribution in [2.45, 2.75) is 0 Å². The lowest BCUT2D eigenvalue weighted by Crippen LogP contribution is -1.75. The number of halogens is 1. The van der Waals surface area contributed by atoms with Crippen molar-refractivity contribution in [3.05, 3.63) is 21.9 Å². The summed E-state index contributed by atoms with van der Waals surface area (Å²) in [4.78, 5) is 7.72. The minimum atomic E-state index is 0.637. The first-order chi connectivity index (χ1) is 4.84. The van der Waals surface area contributed by atoms with Gasteiger partial charge in [0.1, 0.15) is 0 Å². The smallest absolute Gasteiger partial charge is 0.175 e. The van der Waals surface area contributed by atoms with E-state index in [2.05, 4.69) is 49.9 Å². The van der Waals surface area contributed by atoms with Gasteiger partial charge in [-0.1, -0.05) is 0 Å². The average molecular weight is 262 g/mol. The Morgan fingerprint density at radius 2 is 2.50 bits per heavy atom. The average Bonchev–Trinajstić information content (AvgIpc) is 1.94. The van der Waals surface area contributed by atoms with Crippen molar-refractivity contribution in [3.8, 4) is 0 Å². The van der Waals surface area contributed by atoms with Crippen LogP contribution in [0.3, 0.4) is 0 Å². The molecule has 0 saturated carbocycles. The van der Waals surface area contributed by atoms with Crippen LogP contribution in [-0.4, -0.2) is 10.1 Å². The lowest BCUT2D eigenvalue weighted by molar-refractivity contribution is 1.26. The van der Waals surface area contributed by atoms with Gasteiger partial charge in [-0.15, -0.1) is 0 Å². The number of aliphatic imine (C=N–C) groups is 1. The van der Waals surface area contributed by atoms with E-state index in [1.807, 2.05) is 12.1 Å². The lowest BCUT2D eigenvalue weighted by atomic mass is 10.5. The zero-order valence-electron chi connectivity index (χ0n) is 4.91. The molecule has 0 aliphatic rings. The first kappa shape index (κ1) is 7.78. The summed E-state index contributed by atoms with van der Waals surface area (Å²) < 4.78 is 0.984. The molecule has 1 rings (SSSR count). The zero-order valence-corrected chi connectivity index (χ0v) is 7.89. The Kier molecular flexibility index (Phi) is 2.92. The number of nitrogens with zero attached hydrogens (tertiary/aromatic N) is 2. The number of aromatic nitrogens is 1. The van der Waals surface area contributed by atoms with Crippen molar-refractivity contribution in [2.75, 3.05) is 0 Å². The molecule has 0 radical (unpaired) electrons. The largest absolute Gasteiger partial charge is 0.236 e. The second-order valence-corrected chi connectivity index (χ2v) is 2.86. The van der Waals surface area contributed by atoms with Gasteiger partial charge in [0.05, 0.1) is 8.73 Å². The number of hydrogen-bond acceptors (Lipinski definition) is 3. The van der Waals surface area contributed by atoms with E-state index in [0.717, 1.165) is 3.57 Å². The molecule has 1 heterocycles. The summed E-state index contributed by atoms with van der Waals surface area (Å²) in [5.74, 6) is 0.637. The molecule has 0 unspecified atom stereocenters. The molecule has 0 saturated heterocycles. The Balaban J connectivity index is 3.14. The van der Waals surface area contributed by atoms with Gasteiger partial charge < -0.3 is 0 Å². The third-order valence-electron chi connectivity index (χ3n) is 0.891. The zero-order chi connectivity index (χ0) is 7.40. The van der Waals surface area contributed by atoms with Gasteiger partial charge in [-0.25, -0.2) is 4.98 Å². The van der Waals surface area contributed by atoms with Crippen LogP contribution in [0.5, 0.6) is 0 Å². The van der Waals surface area contributed by atoms with Gasteiger partial charge in [-0.05, 0) is 46.9 Å². The van der Waals surface area contributed by atoms with E-state index in [1.54, 1.807) is 6.20 Å². The van der Waals surface area contributed by atoms with Crippen LogP contribution in [0.1, 0.15) is 0 Å². The molecule has 0 aliphatic carbocycles. The van der Waals surface area contributed by atoms with E-state index in [1.165, 1.54) is 0 Å². The van der Waals surface area contributed by atoms with Crippen molar-refractivity contribution < 1.29 is 0 Å². The normalized spacial score (nSPS) is 8.50. The van der Waals surface area contributed by atoms with Crippen LogP contribution < -0.4 is 0 Å². The molecular formula is C6H3IN2S. The Morgan fingerprint density at radius 1 is 1.70 bits per heavy atom. The summed E-state index contributed by atoms with van der Waals surface area (Å²) in [6, 6.07) is 3.77. The van der Waals surface area contributed by atoms with Gasteiger partial charge in [0.25, 0.3) is 0 Å². The third-order valence-corrected chi connectivity index (χ3v) is 1.82. The van der Waals surface area contributed by atoms with Gasteiger partial charge in [0, 0.05) is 6.20 Å². The van der Waals surface area contributed by atoms with Crippen molar-refractivity contribution in [3.63, 3.8) is 0 Å². The standard InChI is InChI=1S/C6H3IN2S/c7-5-2-1-3-8-6(5)9-4-10/h1-3H. The summed E-state index contributed by atoms with van der Waals surface area (Å²) in [7, 11) is 0. The molecule has 0 bridgehead atoms. The number of rotatable bonds is 1. The Hall–Kier alpha value is -0.320. The maximum atomic E-state index is 4.43. The highest BCUT2D eigenvalue weighted by Gasteiger charge is 1.93. The molecule has 1 aromatic heterocycles. The lowest BCUT2D eigenvalue weighted by Gasteiger charge is -1.90. The molecule has 0 amide bonds. The van der Waals surface area contributed by atoms with Crippen LogP contribution in [0.4, 0.5) is 5.82 Å². The van der Waals surface area contributed by atoms with Crippen molar-refractivity contribution in [2.24, 2.45) is 4.99 Å². The minimum Gasteiger partial charge on any atom is -0.236 e. The molecule has 0 aromatic carbocycles. The SMILES string of the molecule is S=C=Nc1ncccc1I. The fraction of sp³-hybridized carbons (Fsp3) is 0. The summed E-state index contributed by atoms with van der Waals surface area (Å²) in [5, 5.41) is 2.27. The Bertz CT molecular complexity index is 281. The molecule has 0 aliphatic heterocycles. The van der Waals surface area contributed by atoms with E-state index < -0.39 is 0 Å². The van der Waals surface area contributed by atoms with Crippen LogP contribution >= 0.6 is 34.8 Å². The highest BCUT2D eigenvalue weighted by Crippen LogP contribution is 2.15. The van der Waals surface area contributed by atoms with E-state index in [9.17, 15) is 0 Å². The van der Waals surface area contributed by atoms with Gasteiger partial charge in [0.2, 0.25) is 0 Å². The first-order valence-electron chi connectivity index (χ1n) is 2.53. The molecule has 0 atom stereocenters. The second kappa shape index (κ2) is 3.75. The van der Waals surface area contributed by atoms with Gasteiger partial charge in [0.15, 0.2) is 5.82 Å². The van der Waals surface area contributed by atoms with Crippen LogP contribution in [0, 0.1) is 3.57 Å². The number of isothiocyanates is 1. The molecule has 2 nitrogen and oxygen atoms in total. The maximum absolute atomic E-state index is 4.43. The monoisotopic (exact) mass is 262 g/mol. The van der Waals surface area contributed by atoms with Crippen molar-refractivity contribution >= 4 is 45.8 Å². The second-order valence-electron chi connectivity index (χ2n) is 1.51. The number of hydrogen-bond donors (Lipinski definition) is 0. The highest BCUT2D eigenvalue weighted by molar-refractivity contribution is 14.1. The molecule has 0 N–H and O–H groups in total. The van der Waals surface area contributed by atoms with Crippen molar-refractivity contribution in [1.29, 1.82) is 0 Å². The maximum Gasteiger partial charge on any atom is 0.175 e. The Labute approximate surface area is 77.5 Å². The fourth-order valence-corrected chi connectivity index (χ4v) is 1.06. The molecule has 50 valence electrons. The highest BCUT2D eigenvalue weighted by atomic mass is 127. The third kappa shape index (κ3) is 1.83. The van der Waals surface area contributed by atoms with Crippen LogP contribution in [-0.2, 0) is 0 Å². The molecule has 4 heteroatoms. The van der Waals surface area contributed by atoms with E-state index >= 15 is 0 Å². The van der Waals surface area contributed by atoms with Gasteiger partial charge in [-0.2, -0.15) is 4.99 Å². The summed E-state index contributed by atoms with van der Waals surface area (Å²) in [6.07, 6.45) is 1.67. The first-order valence-corrected chi connectivity index (χ1v) is 4.01. The number of thiocarbonyl (C=S) groups is 1. The van der Waals surface area contributed by atoms with E-state index in [-0.39, 0.29) is 0 Å². The topological polar surface area (TPSA) is 25.2 Å². The number of pyridine rings is 1. The predicted octanol–water partition coefficient (Wildman–Crippen LogP) is 2.42. The van der Waals surface area contributed by atoms with Crippen LogP contribution in [0.25, 0.3) is 0 Å². The molecular weight excluding hydrogens is 259 g/mol. The van der Waals surface area contributed by atoms with Gasteiger partial charge >= 0.3 is 0 Å². The summed E-state index contributed by atoms with van der Waals surface area (Å²) in [5.41, 5.74) is 0. The minimum absolute atomic E-state index is 0.637. The quantitative estimate of drug-likeness (QED) is 0.441. The fourth-order valence-electron chi connectivity index (χ4n) is 0.503. The van der Waals surface area contributed by atoms with Crippen LogP contribution in [0.15, 0.2) is 23.3 Å². The molecule has 0 spiro atoms. The molecule has 10 heavy (non-hydrogen) atoms. The van der Waals surface area contributed by atoms with Gasteiger partial charge in [-0.3, -0.25) is 0 Å². The summed E-state index contributed by atoms with van der Waals surface area (Å²) >= 11 is 6.57. The predicted molar refractivity (Wildman–Crippen MR) is 51.6 cm³/mol. The van der Waals surface area contributed by atoms with Crippen LogP contribution in [0.2, 0.25) is 0 Å². The molecule has 0 fully saturated rings. The Morgan fingerprint density at radius 3 is 3.10 bits per heavy atom.